The fraction of sp³-hybridized carbons (Fsp3) is 0.167. The molecule has 0 aliphatic heterocycles. The lowest BCUT2D eigenvalue weighted by Gasteiger charge is -2.08. The van der Waals surface area contributed by atoms with Gasteiger partial charge in [0.05, 0.1) is 50.8 Å². The molecule has 0 saturated heterocycles. The lowest BCUT2D eigenvalue weighted by Crippen LogP contribution is -2.07. The highest BCUT2D eigenvalue weighted by Gasteiger charge is 2.15. The summed E-state index contributed by atoms with van der Waals surface area (Å²) < 4.78 is 20.1. The van der Waals surface area contributed by atoms with E-state index in [0.29, 0.717) is 27.8 Å². The molecule has 2 aromatic carbocycles. The quantitative estimate of drug-likeness (QED) is 0.372. The number of thiazole rings is 1. The molecule has 0 saturated carbocycles. The maximum absolute atomic E-state index is 12.0. The number of aromatic nitrogens is 1. The minimum atomic E-state index is -0.612. The number of nitriles is 1. The first-order valence-corrected chi connectivity index (χ1v) is 10.4. The van der Waals surface area contributed by atoms with Crippen LogP contribution >= 0.6 is 11.3 Å². The van der Waals surface area contributed by atoms with Gasteiger partial charge < -0.3 is 18.9 Å². The normalized spacial score (nSPS) is 10.8. The van der Waals surface area contributed by atoms with Crippen molar-refractivity contribution in [3.63, 3.8) is 0 Å². The number of ether oxygens (including phenoxy) is 4. The molecular weight excluding hydrogens is 444 g/mol. The minimum absolute atomic E-state index is 0.161. The number of rotatable bonds is 7. The van der Waals surface area contributed by atoms with Crippen molar-refractivity contribution < 1.29 is 28.5 Å². The average Bonchev–Trinajstić information content (AvgIpc) is 3.35. The van der Waals surface area contributed by atoms with Crippen molar-refractivity contribution in [2.75, 3.05) is 28.4 Å². The number of carbonyl (C=O) groups is 2. The van der Waals surface area contributed by atoms with E-state index in [1.807, 2.05) is 11.4 Å². The molecule has 0 aliphatic rings. The van der Waals surface area contributed by atoms with E-state index in [-0.39, 0.29) is 16.7 Å². The highest BCUT2D eigenvalue weighted by Crippen LogP contribution is 2.34. The van der Waals surface area contributed by atoms with Crippen LogP contribution < -0.4 is 9.47 Å². The largest absolute Gasteiger partial charge is 0.493 e. The third-order valence-corrected chi connectivity index (χ3v) is 5.52. The second-order valence-corrected chi connectivity index (χ2v) is 7.46. The second kappa shape index (κ2) is 10.4. The Morgan fingerprint density at radius 3 is 2.12 bits per heavy atom. The van der Waals surface area contributed by atoms with Crippen LogP contribution in [0.4, 0.5) is 0 Å². The fourth-order valence-electron chi connectivity index (χ4n) is 3.04. The summed E-state index contributed by atoms with van der Waals surface area (Å²) >= 11 is 1.29. The molecule has 0 spiro atoms. The van der Waals surface area contributed by atoms with Crippen LogP contribution in [-0.2, 0) is 9.47 Å². The first-order valence-electron chi connectivity index (χ1n) is 9.55. The Hall–Kier alpha value is -4.16. The predicted octanol–water partition coefficient (Wildman–Crippen LogP) is 4.46. The van der Waals surface area contributed by atoms with Crippen LogP contribution in [0.15, 0.2) is 41.8 Å². The van der Waals surface area contributed by atoms with Gasteiger partial charge in [-0.2, -0.15) is 5.26 Å². The van der Waals surface area contributed by atoms with Crippen molar-refractivity contribution in [3.8, 4) is 28.8 Å². The molecule has 0 amide bonds. The zero-order valence-electron chi connectivity index (χ0n) is 18.4. The van der Waals surface area contributed by atoms with E-state index < -0.39 is 11.9 Å². The van der Waals surface area contributed by atoms with E-state index in [1.165, 1.54) is 43.8 Å². The van der Waals surface area contributed by atoms with Gasteiger partial charge >= 0.3 is 11.9 Å². The molecule has 0 aliphatic carbocycles. The molecule has 1 aromatic heterocycles. The second-order valence-electron chi connectivity index (χ2n) is 6.60. The molecule has 9 heteroatoms. The van der Waals surface area contributed by atoms with Crippen molar-refractivity contribution in [2.45, 2.75) is 0 Å². The van der Waals surface area contributed by atoms with Gasteiger partial charge in [0.15, 0.2) is 11.5 Å². The Kier molecular flexibility index (Phi) is 7.43. The summed E-state index contributed by atoms with van der Waals surface area (Å²) in [6, 6.07) is 12.0. The molecule has 0 radical (unpaired) electrons. The van der Waals surface area contributed by atoms with Crippen LogP contribution in [0.1, 0.15) is 31.3 Å². The molecule has 33 heavy (non-hydrogen) atoms. The third-order valence-electron chi connectivity index (χ3n) is 4.64. The molecule has 0 fully saturated rings. The van der Waals surface area contributed by atoms with Gasteiger partial charge in [0.1, 0.15) is 11.1 Å². The molecule has 0 atom stereocenters. The number of carbonyl (C=O) groups excluding carboxylic acids is 2. The van der Waals surface area contributed by atoms with Crippen LogP contribution in [0.5, 0.6) is 11.5 Å². The van der Waals surface area contributed by atoms with Gasteiger partial charge in [-0.25, -0.2) is 14.6 Å². The monoisotopic (exact) mass is 464 g/mol. The predicted molar refractivity (Wildman–Crippen MR) is 123 cm³/mol. The van der Waals surface area contributed by atoms with Crippen molar-refractivity contribution in [1.82, 2.24) is 4.98 Å². The number of hydrogen-bond donors (Lipinski definition) is 0. The van der Waals surface area contributed by atoms with Gasteiger partial charge in [0.2, 0.25) is 0 Å². The van der Waals surface area contributed by atoms with Crippen molar-refractivity contribution in [2.24, 2.45) is 0 Å². The first kappa shape index (κ1) is 23.5. The van der Waals surface area contributed by atoms with Gasteiger partial charge in [-0.1, -0.05) is 0 Å². The summed E-state index contributed by atoms with van der Waals surface area (Å²) in [7, 11) is 5.60. The summed E-state index contributed by atoms with van der Waals surface area (Å²) in [5.74, 6) is -0.0606. The number of methoxy groups -OCH3 is 4. The standard InChI is InChI=1S/C24H20N2O6S/c1-29-20-6-5-15(11-21(20)30-2)19-13-33-22(26-19)18(12-25)9-14-7-16(23(27)31-3)10-17(8-14)24(28)32-4/h5-11,13H,1-4H3/b18-9+. The molecular formula is C24H20N2O6S. The molecule has 8 nitrogen and oxygen atoms in total. The van der Waals surface area contributed by atoms with E-state index in [2.05, 4.69) is 11.1 Å². The Morgan fingerprint density at radius 2 is 1.58 bits per heavy atom. The van der Waals surface area contributed by atoms with Gasteiger partial charge in [0.25, 0.3) is 0 Å². The summed E-state index contributed by atoms with van der Waals surface area (Å²) in [4.78, 5) is 28.6. The van der Waals surface area contributed by atoms with Crippen molar-refractivity contribution in [1.29, 1.82) is 5.26 Å². The molecule has 1 heterocycles. The van der Waals surface area contributed by atoms with Gasteiger partial charge in [-0.3, -0.25) is 0 Å². The van der Waals surface area contributed by atoms with Crippen LogP contribution in [0.3, 0.4) is 0 Å². The summed E-state index contributed by atoms with van der Waals surface area (Å²) in [5, 5.41) is 12.1. The van der Waals surface area contributed by atoms with Crippen LogP contribution in [0, 0.1) is 11.3 Å². The highest BCUT2D eigenvalue weighted by molar-refractivity contribution is 7.11. The Labute approximate surface area is 194 Å². The first-order chi connectivity index (χ1) is 15.9. The lowest BCUT2D eigenvalue weighted by atomic mass is 10.0. The van der Waals surface area contributed by atoms with Crippen molar-refractivity contribution >= 4 is 34.9 Å². The van der Waals surface area contributed by atoms with E-state index in [4.69, 9.17) is 18.9 Å². The number of esters is 2. The van der Waals surface area contributed by atoms with Crippen LogP contribution in [0.2, 0.25) is 0 Å². The maximum atomic E-state index is 12.0. The fourth-order valence-corrected chi connectivity index (χ4v) is 3.84. The molecule has 3 aromatic rings. The zero-order valence-corrected chi connectivity index (χ0v) is 19.2. The summed E-state index contributed by atoms with van der Waals surface area (Å²) in [5.41, 5.74) is 2.51. The molecule has 168 valence electrons. The Bertz CT molecular complexity index is 1240. The lowest BCUT2D eigenvalue weighted by molar-refractivity contribution is 0.0599. The molecule has 3 rings (SSSR count). The Morgan fingerprint density at radius 1 is 0.939 bits per heavy atom. The molecule has 0 N–H and O–H groups in total. The van der Waals surface area contributed by atoms with Crippen molar-refractivity contribution in [3.05, 3.63) is 63.5 Å². The van der Waals surface area contributed by atoms with Gasteiger partial charge in [-0.05, 0) is 48.0 Å². The van der Waals surface area contributed by atoms with E-state index >= 15 is 0 Å². The number of hydrogen-bond acceptors (Lipinski definition) is 9. The van der Waals surface area contributed by atoms with Crippen LogP contribution in [-0.4, -0.2) is 45.4 Å². The van der Waals surface area contributed by atoms with Gasteiger partial charge in [-0.15, -0.1) is 11.3 Å². The highest BCUT2D eigenvalue weighted by atomic mass is 32.1. The summed E-state index contributed by atoms with van der Waals surface area (Å²) in [6.07, 6.45) is 1.55. The Balaban J connectivity index is 2.02. The average molecular weight is 464 g/mol. The van der Waals surface area contributed by atoms with Crippen LogP contribution in [0.25, 0.3) is 22.9 Å². The maximum Gasteiger partial charge on any atom is 0.337 e. The molecule has 0 bridgehead atoms. The number of allylic oxidation sites excluding steroid dienone is 1. The summed E-state index contributed by atoms with van der Waals surface area (Å²) in [6.45, 7) is 0. The molecule has 0 unspecified atom stereocenters. The minimum Gasteiger partial charge on any atom is -0.493 e. The zero-order chi connectivity index (χ0) is 24.0. The number of nitrogens with zero attached hydrogens (tertiary/aromatic N) is 2. The third kappa shape index (κ3) is 5.19. The van der Waals surface area contributed by atoms with E-state index in [9.17, 15) is 14.9 Å². The smallest absolute Gasteiger partial charge is 0.337 e. The van der Waals surface area contributed by atoms with E-state index in [0.717, 1.165) is 5.56 Å². The van der Waals surface area contributed by atoms with Gasteiger partial charge in [0, 0.05) is 10.9 Å². The topological polar surface area (TPSA) is 108 Å². The van der Waals surface area contributed by atoms with E-state index in [1.54, 1.807) is 32.4 Å². The number of benzene rings is 2. The SMILES string of the molecule is COC(=O)c1cc(/C=C(\C#N)c2nc(-c3ccc(OC)c(OC)c3)cs2)cc(C(=O)OC)c1.